The zero-order valence-corrected chi connectivity index (χ0v) is 14.7. The molecule has 5 nitrogen and oxygen atoms in total. The van der Waals surface area contributed by atoms with Gasteiger partial charge in [0.05, 0.1) is 5.56 Å². The Bertz CT molecular complexity index is 794. The van der Waals surface area contributed by atoms with Gasteiger partial charge in [0.15, 0.2) is 6.20 Å². The molecule has 0 spiro atoms. The van der Waals surface area contributed by atoms with Gasteiger partial charge in [0.1, 0.15) is 0 Å². The number of alkyl halides is 3. The van der Waals surface area contributed by atoms with Crippen LogP contribution in [0.2, 0.25) is 0 Å². The number of carbonyl (C=O) groups is 1. The normalized spacial score (nSPS) is 16.2. The molecule has 1 amide bonds. The standard InChI is InChI=1S/C19H20F3N3O2/c20-19(21,22)16-7-5-15(6-8-16)14-23-9-3-10-24(13-12-23)18(26)17-4-1-2-11-25(17)27/h1-2,4-8,11H,3,9-10,12-14H2. The summed E-state index contributed by atoms with van der Waals surface area (Å²) in [5.41, 5.74) is 0.226. The van der Waals surface area contributed by atoms with E-state index in [9.17, 15) is 23.2 Å². The van der Waals surface area contributed by atoms with Crippen LogP contribution in [0.4, 0.5) is 13.2 Å². The van der Waals surface area contributed by atoms with Gasteiger partial charge in [-0.25, -0.2) is 0 Å². The van der Waals surface area contributed by atoms with Crippen molar-refractivity contribution >= 4 is 5.91 Å². The molecule has 1 saturated heterocycles. The van der Waals surface area contributed by atoms with Gasteiger partial charge in [-0.15, -0.1) is 0 Å². The SMILES string of the molecule is O=C(c1cccc[n+]1[O-])N1CCCN(Cc2ccc(C(F)(F)F)cc2)CC1. The van der Waals surface area contributed by atoms with Gasteiger partial charge in [-0.2, -0.15) is 17.9 Å². The Morgan fingerprint density at radius 1 is 1.04 bits per heavy atom. The second kappa shape index (κ2) is 7.96. The second-order valence-corrected chi connectivity index (χ2v) is 6.53. The molecule has 0 unspecified atom stereocenters. The van der Waals surface area contributed by atoms with E-state index in [1.165, 1.54) is 24.4 Å². The van der Waals surface area contributed by atoms with E-state index in [1.54, 1.807) is 17.0 Å². The molecule has 0 bridgehead atoms. The van der Waals surface area contributed by atoms with Crippen molar-refractivity contribution in [2.75, 3.05) is 26.2 Å². The van der Waals surface area contributed by atoms with E-state index in [2.05, 4.69) is 4.90 Å². The Hall–Kier alpha value is -2.61. The van der Waals surface area contributed by atoms with Crippen molar-refractivity contribution in [2.24, 2.45) is 0 Å². The Labute approximate surface area is 155 Å². The molecule has 2 heterocycles. The van der Waals surface area contributed by atoms with Crippen molar-refractivity contribution in [2.45, 2.75) is 19.1 Å². The summed E-state index contributed by atoms with van der Waals surface area (Å²) in [6, 6.07) is 9.87. The van der Waals surface area contributed by atoms with Crippen LogP contribution in [0.25, 0.3) is 0 Å². The number of rotatable bonds is 3. The predicted octanol–water partition coefficient (Wildman–Crippen LogP) is 2.69. The first-order valence-corrected chi connectivity index (χ1v) is 8.70. The van der Waals surface area contributed by atoms with Crippen molar-refractivity contribution < 1.29 is 22.7 Å². The number of hydrogen-bond donors (Lipinski definition) is 0. The third-order valence-corrected chi connectivity index (χ3v) is 4.61. The predicted molar refractivity (Wildman–Crippen MR) is 92.6 cm³/mol. The molecule has 1 aliphatic rings. The van der Waals surface area contributed by atoms with Crippen LogP contribution >= 0.6 is 0 Å². The molecular weight excluding hydrogens is 359 g/mol. The van der Waals surface area contributed by atoms with Crippen molar-refractivity contribution in [3.8, 4) is 0 Å². The second-order valence-electron chi connectivity index (χ2n) is 6.53. The van der Waals surface area contributed by atoms with Crippen LogP contribution in [0, 0.1) is 5.21 Å². The van der Waals surface area contributed by atoms with Crippen molar-refractivity contribution in [3.05, 3.63) is 70.7 Å². The fourth-order valence-electron chi connectivity index (χ4n) is 3.15. The molecular formula is C19H20F3N3O2. The summed E-state index contributed by atoms with van der Waals surface area (Å²) >= 11 is 0. The Morgan fingerprint density at radius 3 is 2.44 bits per heavy atom. The highest BCUT2D eigenvalue weighted by molar-refractivity contribution is 5.90. The Morgan fingerprint density at radius 2 is 1.78 bits per heavy atom. The Kier molecular flexibility index (Phi) is 5.65. The molecule has 3 rings (SSSR count). The van der Waals surface area contributed by atoms with Gasteiger partial charge >= 0.3 is 12.1 Å². The van der Waals surface area contributed by atoms with Gasteiger partial charge in [-0.1, -0.05) is 12.1 Å². The number of pyridine rings is 1. The number of benzene rings is 1. The molecule has 0 saturated carbocycles. The lowest BCUT2D eigenvalue weighted by molar-refractivity contribution is -0.608. The lowest BCUT2D eigenvalue weighted by atomic mass is 10.1. The molecule has 1 aliphatic heterocycles. The van der Waals surface area contributed by atoms with Crippen LogP contribution < -0.4 is 4.73 Å². The maximum absolute atomic E-state index is 12.6. The molecule has 1 aromatic heterocycles. The highest BCUT2D eigenvalue weighted by Gasteiger charge is 2.30. The van der Waals surface area contributed by atoms with Gasteiger partial charge in [-0.3, -0.25) is 9.69 Å². The van der Waals surface area contributed by atoms with E-state index >= 15 is 0 Å². The van der Waals surface area contributed by atoms with Gasteiger partial charge in [0.2, 0.25) is 0 Å². The van der Waals surface area contributed by atoms with E-state index in [0.717, 1.165) is 30.7 Å². The summed E-state index contributed by atoms with van der Waals surface area (Å²) in [5.74, 6) is -0.304. The molecule has 0 aliphatic carbocycles. The first-order chi connectivity index (χ1) is 12.8. The van der Waals surface area contributed by atoms with Crippen LogP contribution in [-0.4, -0.2) is 41.9 Å². The lowest BCUT2D eigenvalue weighted by Crippen LogP contribution is -2.42. The summed E-state index contributed by atoms with van der Waals surface area (Å²) < 4.78 is 38.5. The fraction of sp³-hybridized carbons (Fsp3) is 0.368. The van der Waals surface area contributed by atoms with Crippen molar-refractivity contribution in [3.63, 3.8) is 0 Å². The molecule has 2 aromatic rings. The minimum atomic E-state index is -4.34. The minimum absolute atomic E-state index is 0.0914. The average molecular weight is 379 g/mol. The van der Waals surface area contributed by atoms with Crippen LogP contribution in [0.3, 0.4) is 0 Å². The number of nitrogens with zero attached hydrogens (tertiary/aromatic N) is 3. The van der Waals surface area contributed by atoms with E-state index in [0.29, 0.717) is 30.9 Å². The Balaban J connectivity index is 1.60. The van der Waals surface area contributed by atoms with Gasteiger partial charge in [0, 0.05) is 44.9 Å². The number of halogens is 3. The molecule has 0 N–H and O–H groups in total. The maximum atomic E-state index is 12.6. The van der Waals surface area contributed by atoms with Crippen LogP contribution in [0.15, 0.2) is 48.7 Å². The van der Waals surface area contributed by atoms with E-state index < -0.39 is 11.7 Å². The van der Waals surface area contributed by atoms with Crippen LogP contribution in [-0.2, 0) is 12.7 Å². The molecule has 0 radical (unpaired) electrons. The topological polar surface area (TPSA) is 50.5 Å². The highest BCUT2D eigenvalue weighted by atomic mass is 19.4. The number of hydrogen-bond acceptors (Lipinski definition) is 3. The summed E-state index contributed by atoms with van der Waals surface area (Å²) in [6.07, 6.45) is -2.31. The summed E-state index contributed by atoms with van der Waals surface area (Å²) in [5, 5.41) is 11.8. The van der Waals surface area contributed by atoms with E-state index in [-0.39, 0.29) is 11.6 Å². The molecule has 1 aromatic carbocycles. The number of amides is 1. The minimum Gasteiger partial charge on any atom is -0.618 e. The largest absolute Gasteiger partial charge is 0.618 e. The fourth-order valence-corrected chi connectivity index (χ4v) is 3.15. The van der Waals surface area contributed by atoms with Crippen molar-refractivity contribution in [1.82, 2.24) is 9.80 Å². The lowest BCUT2D eigenvalue weighted by Gasteiger charge is -2.21. The average Bonchev–Trinajstić information content (AvgIpc) is 2.87. The van der Waals surface area contributed by atoms with Crippen LogP contribution in [0.5, 0.6) is 0 Å². The monoisotopic (exact) mass is 379 g/mol. The summed E-state index contributed by atoms with van der Waals surface area (Å²) in [6.45, 7) is 2.86. The third-order valence-electron chi connectivity index (χ3n) is 4.61. The van der Waals surface area contributed by atoms with E-state index in [1.807, 2.05) is 0 Å². The van der Waals surface area contributed by atoms with Gasteiger partial charge in [0.25, 0.3) is 5.69 Å². The zero-order chi connectivity index (χ0) is 19.4. The van der Waals surface area contributed by atoms with Gasteiger partial charge < -0.3 is 10.1 Å². The highest BCUT2D eigenvalue weighted by Crippen LogP contribution is 2.29. The summed E-state index contributed by atoms with van der Waals surface area (Å²) in [4.78, 5) is 16.3. The number of aromatic nitrogens is 1. The number of carbonyl (C=O) groups excluding carboxylic acids is 1. The van der Waals surface area contributed by atoms with E-state index in [4.69, 9.17) is 0 Å². The summed E-state index contributed by atoms with van der Waals surface area (Å²) in [7, 11) is 0. The molecule has 144 valence electrons. The molecule has 8 heteroatoms. The quantitative estimate of drug-likeness (QED) is 0.609. The first kappa shape index (κ1) is 19.2. The smallest absolute Gasteiger partial charge is 0.416 e. The molecule has 0 atom stereocenters. The third kappa shape index (κ3) is 4.77. The van der Waals surface area contributed by atoms with Crippen molar-refractivity contribution in [1.29, 1.82) is 0 Å². The zero-order valence-electron chi connectivity index (χ0n) is 14.7. The maximum Gasteiger partial charge on any atom is 0.416 e. The first-order valence-electron chi connectivity index (χ1n) is 8.70. The van der Waals surface area contributed by atoms with Gasteiger partial charge in [-0.05, 0) is 30.2 Å². The molecule has 1 fully saturated rings. The molecule has 27 heavy (non-hydrogen) atoms. The van der Waals surface area contributed by atoms with Crippen LogP contribution in [0.1, 0.15) is 28.0 Å².